The van der Waals surface area contributed by atoms with Crippen molar-refractivity contribution in [3.63, 3.8) is 0 Å². The Labute approximate surface area is 119 Å². The van der Waals surface area contributed by atoms with Gasteiger partial charge in [-0.15, -0.1) is 10.2 Å². The largest absolute Gasteiger partial charge is 0.481 e. The maximum absolute atomic E-state index is 10.5. The SMILES string of the molecule is O=C(O)CSc1nnc(NC2C3C4CCC(C4)C23)s1. The van der Waals surface area contributed by atoms with Crippen molar-refractivity contribution in [2.24, 2.45) is 23.7 Å². The van der Waals surface area contributed by atoms with Crippen molar-refractivity contribution < 1.29 is 9.90 Å². The van der Waals surface area contributed by atoms with Crippen LogP contribution in [0.25, 0.3) is 0 Å². The van der Waals surface area contributed by atoms with Crippen molar-refractivity contribution in [2.45, 2.75) is 29.6 Å². The lowest BCUT2D eigenvalue weighted by Gasteiger charge is -2.08. The van der Waals surface area contributed by atoms with E-state index in [0.717, 1.165) is 33.1 Å². The number of aromatic nitrogens is 2. The second-order valence-corrected chi connectivity index (χ2v) is 7.91. The van der Waals surface area contributed by atoms with Crippen LogP contribution in [0, 0.1) is 23.7 Å². The summed E-state index contributed by atoms with van der Waals surface area (Å²) < 4.78 is 0.735. The molecule has 102 valence electrons. The minimum absolute atomic E-state index is 0.0491. The van der Waals surface area contributed by atoms with Gasteiger partial charge in [-0.2, -0.15) is 0 Å². The molecule has 5 nitrogen and oxygen atoms in total. The molecule has 3 saturated carbocycles. The van der Waals surface area contributed by atoms with Gasteiger partial charge in [-0.25, -0.2) is 0 Å². The van der Waals surface area contributed by atoms with Gasteiger partial charge in [0.05, 0.1) is 5.75 Å². The van der Waals surface area contributed by atoms with Crippen LogP contribution in [-0.4, -0.2) is 33.1 Å². The maximum Gasteiger partial charge on any atom is 0.313 e. The number of rotatable bonds is 5. The Morgan fingerprint density at radius 2 is 2.11 bits per heavy atom. The van der Waals surface area contributed by atoms with Gasteiger partial charge in [0.25, 0.3) is 0 Å². The zero-order chi connectivity index (χ0) is 13.0. The smallest absolute Gasteiger partial charge is 0.313 e. The quantitative estimate of drug-likeness (QED) is 0.811. The van der Waals surface area contributed by atoms with Gasteiger partial charge in [0.1, 0.15) is 0 Å². The Bertz CT molecular complexity index is 505. The van der Waals surface area contributed by atoms with Gasteiger partial charge in [0, 0.05) is 6.04 Å². The third-order valence-corrected chi connectivity index (χ3v) is 6.72. The van der Waals surface area contributed by atoms with Crippen LogP contribution in [0.2, 0.25) is 0 Å². The van der Waals surface area contributed by atoms with Crippen molar-refractivity contribution in [3.8, 4) is 0 Å². The summed E-state index contributed by atoms with van der Waals surface area (Å²) in [6.07, 6.45) is 4.28. The highest BCUT2D eigenvalue weighted by atomic mass is 32.2. The van der Waals surface area contributed by atoms with Crippen molar-refractivity contribution in [1.29, 1.82) is 0 Å². The molecular formula is C12H15N3O2S2. The highest BCUT2D eigenvalue weighted by Gasteiger charge is 2.65. The minimum atomic E-state index is -0.817. The fraction of sp³-hybridized carbons (Fsp3) is 0.750. The zero-order valence-corrected chi connectivity index (χ0v) is 11.9. The molecule has 1 aromatic rings. The number of anilines is 1. The Morgan fingerprint density at radius 1 is 1.37 bits per heavy atom. The van der Waals surface area contributed by atoms with E-state index in [4.69, 9.17) is 5.11 Å². The third kappa shape index (κ3) is 2.03. The number of hydrogen-bond acceptors (Lipinski definition) is 6. The Hall–Kier alpha value is -0.820. The summed E-state index contributed by atoms with van der Waals surface area (Å²) >= 11 is 2.71. The van der Waals surface area contributed by atoms with E-state index in [0.29, 0.717) is 6.04 Å². The molecule has 3 aliphatic carbocycles. The molecule has 3 fully saturated rings. The van der Waals surface area contributed by atoms with Crippen LogP contribution in [-0.2, 0) is 4.79 Å². The molecule has 7 heteroatoms. The summed E-state index contributed by atoms with van der Waals surface area (Å²) in [5, 5.41) is 21.1. The van der Waals surface area contributed by atoms with Crippen LogP contribution in [0.5, 0.6) is 0 Å². The number of fused-ring (bicyclic) bond motifs is 5. The van der Waals surface area contributed by atoms with Gasteiger partial charge in [-0.1, -0.05) is 23.1 Å². The highest BCUT2D eigenvalue weighted by molar-refractivity contribution is 8.01. The molecule has 4 unspecified atom stereocenters. The first-order valence-corrected chi connectivity index (χ1v) is 8.47. The second kappa shape index (κ2) is 4.34. The van der Waals surface area contributed by atoms with E-state index in [1.54, 1.807) is 0 Å². The van der Waals surface area contributed by atoms with Crippen LogP contribution in [0.15, 0.2) is 4.34 Å². The Kier molecular flexibility index (Phi) is 2.73. The number of nitrogens with zero attached hydrogens (tertiary/aromatic N) is 2. The molecule has 2 bridgehead atoms. The van der Waals surface area contributed by atoms with E-state index in [9.17, 15) is 4.79 Å². The van der Waals surface area contributed by atoms with Crippen LogP contribution in [0.1, 0.15) is 19.3 Å². The standard InChI is InChI=1S/C12H15N3O2S2/c16-7(17)4-18-12-15-14-11(19-12)13-10-8-5-1-2-6(3-5)9(8)10/h5-6,8-10H,1-4H2,(H,13,14)(H,16,17). The van der Waals surface area contributed by atoms with Crippen molar-refractivity contribution in [1.82, 2.24) is 10.2 Å². The van der Waals surface area contributed by atoms with Gasteiger partial charge >= 0.3 is 5.97 Å². The second-order valence-electron chi connectivity index (χ2n) is 5.71. The molecule has 4 rings (SSSR count). The number of nitrogens with one attached hydrogen (secondary N) is 1. The van der Waals surface area contributed by atoms with E-state index in [-0.39, 0.29) is 5.75 Å². The van der Waals surface area contributed by atoms with Crippen LogP contribution in [0.3, 0.4) is 0 Å². The number of carboxylic acid groups (broad SMARTS) is 1. The topological polar surface area (TPSA) is 75.1 Å². The molecule has 0 amide bonds. The van der Waals surface area contributed by atoms with Crippen molar-refractivity contribution in [2.75, 3.05) is 11.1 Å². The average Bonchev–Trinajstić information content (AvgIpc) is 2.79. The molecule has 19 heavy (non-hydrogen) atoms. The Morgan fingerprint density at radius 3 is 2.79 bits per heavy atom. The average molecular weight is 297 g/mol. The van der Waals surface area contributed by atoms with Crippen LogP contribution >= 0.6 is 23.1 Å². The number of hydrogen-bond donors (Lipinski definition) is 2. The molecule has 1 aromatic heterocycles. The summed E-state index contributed by atoms with van der Waals surface area (Å²) in [6, 6.07) is 0.608. The van der Waals surface area contributed by atoms with E-state index in [1.165, 1.54) is 42.4 Å². The van der Waals surface area contributed by atoms with Crippen molar-refractivity contribution >= 4 is 34.2 Å². The molecule has 1 heterocycles. The summed E-state index contributed by atoms with van der Waals surface area (Å²) in [5.74, 6) is 2.87. The minimum Gasteiger partial charge on any atom is -0.481 e. The van der Waals surface area contributed by atoms with E-state index >= 15 is 0 Å². The molecular weight excluding hydrogens is 282 g/mol. The highest BCUT2D eigenvalue weighted by Crippen LogP contribution is 2.66. The van der Waals surface area contributed by atoms with Crippen LogP contribution < -0.4 is 5.32 Å². The lowest BCUT2D eigenvalue weighted by atomic mass is 10.0. The zero-order valence-electron chi connectivity index (χ0n) is 10.3. The van der Waals surface area contributed by atoms with Crippen molar-refractivity contribution in [3.05, 3.63) is 0 Å². The number of aliphatic carboxylic acids is 1. The van der Waals surface area contributed by atoms with Gasteiger partial charge < -0.3 is 10.4 Å². The molecule has 0 spiro atoms. The molecule has 2 N–H and O–H groups in total. The summed E-state index contributed by atoms with van der Waals surface area (Å²) in [7, 11) is 0. The molecule has 3 aliphatic rings. The van der Waals surface area contributed by atoms with Gasteiger partial charge in [-0.3, -0.25) is 4.79 Å². The van der Waals surface area contributed by atoms with Gasteiger partial charge in [0.2, 0.25) is 5.13 Å². The maximum atomic E-state index is 10.5. The Balaban J connectivity index is 1.36. The molecule has 0 radical (unpaired) electrons. The lowest BCUT2D eigenvalue weighted by Crippen LogP contribution is -2.12. The normalized spacial score (nSPS) is 38.2. The monoisotopic (exact) mass is 297 g/mol. The fourth-order valence-electron chi connectivity index (χ4n) is 4.11. The third-order valence-electron chi connectivity index (χ3n) is 4.75. The predicted molar refractivity (Wildman–Crippen MR) is 73.5 cm³/mol. The first-order chi connectivity index (χ1) is 9.22. The summed E-state index contributed by atoms with van der Waals surface area (Å²) in [6.45, 7) is 0. The number of carbonyl (C=O) groups is 1. The summed E-state index contributed by atoms with van der Waals surface area (Å²) in [4.78, 5) is 10.5. The molecule has 0 saturated heterocycles. The van der Waals surface area contributed by atoms with E-state index < -0.39 is 5.97 Å². The number of carboxylic acids is 1. The van der Waals surface area contributed by atoms with Gasteiger partial charge in [0.15, 0.2) is 4.34 Å². The first kappa shape index (κ1) is 12.0. The van der Waals surface area contributed by atoms with E-state index in [1.807, 2.05) is 0 Å². The first-order valence-electron chi connectivity index (χ1n) is 6.67. The predicted octanol–water partition coefficient (Wildman–Crippen LogP) is 2.17. The summed E-state index contributed by atoms with van der Waals surface area (Å²) in [5.41, 5.74) is 0. The number of thioether (sulfide) groups is 1. The molecule has 4 atom stereocenters. The van der Waals surface area contributed by atoms with Gasteiger partial charge in [-0.05, 0) is 42.9 Å². The molecule has 0 aliphatic heterocycles. The van der Waals surface area contributed by atoms with Crippen LogP contribution in [0.4, 0.5) is 5.13 Å². The fourth-order valence-corrected chi connectivity index (χ4v) is 5.63. The molecule has 0 aromatic carbocycles. The lowest BCUT2D eigenvalue weighted by molar-refractivity contribution is -0.133. The van der Waals surface area contributed by atoms with E-state index in [2.05, 4.69) is 15.5 Å².